The molecule has 1 unspecified atom stereocenters. The van der Waals surface area contributed by atoms with Gasteiger partial charge in [0.05, 0.1) is 0 Å². The first-order chi connectivity index (χ1) is 8.11. The molecule has 1 aliphatic carbocycles. The summed E-state index contributed by atoms with van der Waals surface area (Å²) in [5, 5.41) is 0. The molecule has 1 aromatic carbocycles. The van der Waals surface area contributed by atoms with Gasteiger partial charge in [0.15, 0.2) is 0 Å². The SMILES string of the molecule is Cc1ccc(C(CN)N(C)CC2CC2)cc1F. The van der Waals surface area contributed by atoms with E-state index in [1.165, 1.54) is 12.8 Å². The van der Waals surface area contributed by atoms with Crippen molar-refractivity contribution < 1.29 is 4.39 Å². The molecule has 2 N–H and O–H groups in total. The molecule has 1 aromatic rings. The van der Waals surface area contributed by atoms with E-state index in [1.54, 1.807) is 13.0 Å². The summed E-state index contributed by atoms with van der Waals surface area (Å²) in [7, 11) is 2.08. The first kappa shape index (κ1) is 12.5. The van der Waals surface area contributed by atoms with Crippen LogP contribution in [0.2, 0.25) is 0 Å². The largest absolute Gasteiger partial charge is 0.329 e. The van der Waals surface area contributed by atoms with Gasteiger partial charge in [-0.2, -0.15) is 0 Å². The Bertz CT molecular complexity index is 388. The highest BCUT2D eigenvalue weighted by molar-refractivity contribution is 5.26. The highest BCUT2D eigenvalue weighted by atomic mass is 19.1. The summed E-state index contributed by atoms with van der Waals surface area (Å²) < 4.78 is 13.6. The van der Waals surface area contributed by atoms with Crippen LogP contribution in [0.25, 0.3) is 0 Å². The molecule has 0 spiro atoms. The lowest BCUT2D eigenvalue weighted by atomic mass is 10.0. The van der Waals surface area contributed by atoms with Crippen LogP contribution in [0.5, 0.6) is 0 Å². The smallest absolute Gasteiger partial charge is 0.126 e. The molecular weight excluding hydrogens is 215 g/mol. The molecular formula is C14H21FN2. The van der Waals surface area contributed by atoms with Crippen molar-refractivity contribution in [1.82, 2.24) is 4.90 Å². The fourth-order valence-electron chi connectivity index (χ4n) is 2.22. The van der Waals surface area contributed by atoms with E-state index in [1.807, 2.05) is 12.1 Å². The second-order valence-corrected chi connectivity index (χ2v) is 5.14. The highest BCUT2D eigenvalue weighted by Gasteiger charge is 2.26. The Labute approximate surface area is 103 Å². The number of benzene rings is 1. The average Bonchev–Trinajstić information content (AvgIpc) is 3.08. The molecule has 0 radical (unpaired) electrons. The maximum Gasteiger partial charge on any atom is 0.126 e. The van der Waals surface area contributed by atoms with Crippen molar-refractivity contribution in [1.29, 1.82) is 0 Å². The molecule has 2 rings (SSSR count). The Morgan fingerprint density at radius 1 is 1.47 bits per heavy atom. The molecule has 94 valence electrons. The molecule has 0 aliphatic heterocycles. The second-order valence-electron chi connectivity index (χ2n) is 5.14. The summed E-state index contributed by atoms with van der Waals surface area (Å²) in [5.41, 5.74) is 7.50. The molecule has 3 heteroatoms. The minimum absolute atomic E-state index is 0.130. The van der Waals surface area contributed by atoms with E-state index in [0.717, 1.165) is 18.0 Å². The van der Waals surface area contributed by atoms with Gasteiger partial charge in [0, 0.05) is 19.1 Å². The van der Waals surface area contributed by atoms with Gasteiger partial charge >= 0.3 is 0 Å². The fourth-order valence-corrected chi connectivity index (χ4v) is 2.22. The topological polar surface area (TPSA) is 29.3 Å². The molecule has 2 nitrogen and oxygen atoms in total. The van der Waals surface area contributed by atoms with E-state index in [0.29, 0.717) is 12.1 Å². The maximum absolute atomic E-state index is 13.6. The number of hydrogen-bond donors (Lipinski definition) is 1. The molecule has 17 heavy (non-hydrogen) atoms. The van der Waals surface area contributed by atoms with Crippen LogP contribution in [0, 0.1) is 18.7 Å². The molecule has 0 amide bonds. The lowest BCUT2D eigenvalue weighted by Gasteiger charge is -2.27. The van der Waals surface area contributed by atoms with Gasteiger partial charge in [-0.1, -0.05) is 12.1 Å². The molecule has 1 atom stereocenters. The molecule has 0 aromatic heterocycles. The predicted octanol–water partition coefficient (Wildman–Crippen LogP) is 2.48. The van der Waals surface area contributed by atoms with Crippen LogP contribution in [0.1, 0.15) is 30.0 Å². The normalized spacial score (nSPS) is 17.5. The van der Waals surface area contributed by atoms with E-state index in [2.05, 4.69) is 11.9 Å². The highest BCUT2D eigenvalue weighted by Crippen LogP contribution is 2.32. The zero-order valence-electron chi connectivity index (χ0n) is 10.6. The number of halogens is 1. The Balaban J connectivity index is 2.12. The van der Waals surface area contributed by atoms with Crippen LogP contribution in [0.3, 0.4) is 0 Å². The first-order valence-electron chi connectivity index (χ1n) is 6.28. The fraction of sp³-hybridized carbons (Fsp3) is 0.571. The lowest BCUT2D eigenvalue weighted by Crippen LogP contribution is -2.32. The van der Waals surface area contributed by atoms with Gasteiger partial charge in [0.1, 0.15) is 5.82 Å². The predicted molar refractivity (Wildman–Crippen MR) is 68.3 cm³/mol. The number of nitrogens with two attached hydrogens (primary N) is 1. The van der Waals surface area contributed by atoms with Gasteiger partial charge in [-0.3, -0.25) is 4.90 Å². The quantitative estimate of drug-likeness (QED) is 0.851. The Kier molecular flexibility index (Phi) is 3.79. The average molecular weight is 236 g/mol. The van der Waals surface area contributed by atoms with Gasteiger partial charge in [-0.05, 0) is 49.9 Å². The lowest BCUT2D eigenvalue weighted by molar-refractivity contribution is 0.240. The van der Waals surface area contributed by atoms with Gasteiger partial charge in [0.25, 0.3) is 0 Å². The Hall–Kier alpha value is -0.930. The van der Waals surface area contributed by atoms with Crippen molar-refractivity contribution in [3.05, 3.63) is 35.1 Å². The third kappa shape index (κ3) is 3.05. The molecule has 1 fully saturated rings. The van der Waals surface area contributed by atoms with E-state index in [4.69, 9.17) is 5.73 Å². The number of aryl methyl sites for hydroxylation is 1. The molecule has 1 aliphatic rings. The number of nitrogens with zero attached hydrogens (tertiary/aromatic N) is 1. The van der Waals surface area contributed by atoms with Gasteiger partial charge in [-0.25, -0.2) is 4.39 Å². The minimum atomic E-state index is -0.138. The van der Waals surface area contributed by atoms with E-state index < -0.39 is 0 Å². The van der Waals surface area contributed by atoms with Gasteiger partial charge < -0.3 is 5.73 Å². The zero-order chi connectivity index (χ0) is 12.4. The summed E-state index contributed by atoms with van der Waals surface area (Å²) in [6.45, 7) is 3.38. The summed E-state index contributed by atoms with van der Waals surface area (Å²) in [4.78, 5) is 2.25. The third-order valence-corrected chi connectivity index (χ3v) is 3.58. The molecule has 0 heterocycles. The Morgan fingerprint density at radius 3 is 2.71 bits per heavy atom. The molecule has 1 saturated carbocycles. The Morgan fingerprint density at radius 2 is 2.18 bits per heavy atom. The number of rotatable bonds is 5. The number of likely N-dealkylation sites (N-methyl/N-ethyl adjacent to an activating group) is 1. The monoisotopic (exact) mass is 236 g/mol. The summed E-state index contributed by atoms with van der Waals surface area (Å²) in [6, 6.07) is 5.57. The van der Waals surface area contributed by atoms with Crippen molar-refractivity contribution in [2.45, 2.75) is 25.8 Å². The van der Waals surface area contributed by atoms with Crippen LogP contribution >= 0.6 is 0 Å². The zero-order valence-corrected chi connectivity index (χ0v) is 10.6. The second kappa shape index (κ2) is 5.15. The van der Waals surface area contributed by atoms with Crippen molar-refractivity contribution in [2.24, 2.45) is 11.7 Å². The van der Waals surface area contributed by atoms with Crippen molar-refractivity contribution in [3.63, 3.8) is 0 Å². The first-order valence-corrected chi connectivity index (χ1v) is 6.28. The van der Waals surface area contributed by atoms with E-state index >= 15 is 0 Å². The van der Waals surface area contributed by atoms with E-state index in [-0.39, 0.29) is 11.9 Å². The van der Waals surface area contributed by atoms with Crippen LogP contribution < -0.4 is 5.73 Å². The third-order valence-electron chi connectivity index (χ3n) is 3.58. The summed E-state index contributed by atoms with van der Waals surface area (Å²) in [6.07, 6.45) is 2.65. The van der Waals surface area contributed by atoms with Crippen molar-refractivity contribution >= 4 is 0 Å². The van der Waals surface area contributed by atoms with Crippen LogP contribution in [-0.4, -0.2) is 25.0 Å². The van der Waals surface area contributed by atoms with Crippen LogP contribution in [0.15, 0.2) is 18.2 Å². The number of hydrogen-bond acceptors (Lipinski definition) is 2. The molecule has 0 saturated heterocycles. The van der Waals surface area contributed by atoms with Crippen LogP contribution in [0.4, 0.5) is 4.39 Å². The molecule has 0 bridgehead atoms. The van der Waals surface area contributed by atoms with E-state index in [9.17, 15) is 4.39 Å². The van der Waals surface area contributed by atoms with Crippen molar-refractivity contribution in [2.75, 3.05) is 20.1 Å². The van der Waals surface area contributed by atoms with Gasteiger partial charge in [-0.15, -0.1) is 0 Å². The standard InChI is InChI=1S/C14H21FN2/c1-10-3-6-12(7-13(10)15)14(8-16)17(2)9-11-4-5-11/h3,6-7,11,14H,4-5,8-9,16H2,1-2H3. The maximum atomic E-state index is 13.6. The van der Waals surface area contributed by atoms with Crippen molar-refractivity contribution in [3.8, 4) is 0 Å². The summed E-state index contributed by atoms with van der Waals surface area (Å²) in [5.74, 6) is 0.685. The summed E-state index contributed by atoms with van der Waals surface area (Å²) >= 11 is 0. The van der Waals surface area contributed by atoms with Crippen LogP contribution in [-0.2, 0) is 0 Å². The minimum Gasteiger partial charge on any atom is -0.329 e. The van der Waals surface area contributed by atoms with Gasteiger partial charge in [0.2, 0.25) is 0 Å².